The van der Waals surface area contributed by atoms with E-state index in [2.05, 4.69) is 19.8 Å². The van der Waals surface area contributed by atoms with Crippen molar-refractivity contribution in [3.05, 3.63) is 35.4 Å². The summed E-state index contributed by atoms with van der Waals surface area (Å²) in [4.78, 5) is 17.9. The number of methoxy groups -OCH3 is 1. The Bertz CT molecular complexity index is 1480. The van der Waals surface area contributed by atoms with Crippen LogP contribution in [-0.4, -0.2) is 61.2 Å². The van der Waals surface area contributed by atoms with Crippen LogP contribution in [0.1, 0.15) is 28.6 Å². The molecule has 1 unspecified atom stereocenters. The number of aromatic nitrogens is 1. The van der Waals surface area contributed by atoms with Crippen molar-refractivity contribution in [3.63, 3.8) is 0 Å². The Hall–Kier alpha value is -3.43. The summed E-state index contributed by atoms with van der Waals surface area (Å²) in [7, 11) is -1.87. The molecule has 0 saturated carbocycles. The summed E-state index contributed by atoms with van der Waals surface area (Å²) in [5, 5.41) is 23.7. The second-order valence-electron chi connectivity index (χ2n) is 8.08. The summed E-state index contributed by atoms with van der Waals surface area (Å²) in [5.41, 5.74) is 0.0149. The standard InChI is InChI=1S/C21H19F2N3O8S2/c1-32-13-4-3-11-17(35-20(25-11)26-5-2-6-36(30,31)9-26)16(13)18(27)24-12-8-15-14(7-10(12)19(28)29)33-21(22,23)34-15/h3-4,7-8,18,24,27H,2,5-6,9H2,1H3,(H,28,29). The van der Waals surface area contributed by atoms with E-state index < -0.39 is 45.4 Å². The smallest absolute Gasteiger partial charge is 0.496 e. The van der Waals surface area contributed by atoms with E-state index in [1.165, 1.54) is 7.11 Å². The van der Waals surface area contributed by atoms with Crippen LogP contribution < -0.4 is 24.4 Å². The molecule has 1 atom stereocenters. The number of anilines is 2. The number of benzene rings is 2. The van der Waals surface area contributed by atoms with E-state index in [-0.39, 0.29) is 28.6 Å². The highest BCUT2D eigenvalue weighted by Crippen LogP contribution is 2.45. The maximum Gasteiger partial charge on any atom is 0.586 e. The number of aliphatic hydroxyl groups excluding tert-OH is 1. The molecule has 2 aliphatic heterocycles. The van der Waals surface area contributed by atoms with Crippen LogP contribution in [0.25, 0.3) is 10.2 Å². The van der Waals surface area contributed by atoms with Gasteiger partial charge < -0.3 is 34.6 Å². The number of hydrogen-bond acceptors (Lipinski definition) is 11. The largest absolute Gasteiger partial charge is 0.586 e. The molecule has 3 aromatic rings. The number of hydrogen-bond donors (Lipinski definition) is 3. The number of nitrogens with zero attached hydrogens (tertiary/aromatic N) is 2. The molecule has 1 aromatic heterocycles. The van der Waals surface area contributed by atoms with Crippen molar-refractivity contribution in [1.29, 1.82) is 0 Å². The van der Waals surface area contributed by atoms with Crippen molar-refractivity contribution in [1.82, 2.24) is 4.98 Å². The lowest BCUT2D eigenvalue weighted by atomic mass is 10.1. The van der Waals surface area contributed by atoms with Gasteiger partial charge in [0.15, 0.2) is 32.7 Å². The zero-order valence-electron chi connectivity index (χ0n) is 18.5. The molecule has 5 rings (SSSR count). The molecule has 11 nitrogen and oxygen atoms in total. The molecule has 0 bridgehead atoms. The lowest BCUT2D eigenvalue weighted by Crippen LogP contribution is -2.37. The van der Waals surface area contributed by atoms with E-state index in [9.17, 15) is 32.2 Å². The van der Waals surface area contributed by atoms with Gasteiger partial charge >= 0.3 is 12.3 Å². The normalized spacial score (nSPS) is 18.7. The minimum absolute atomic E-state index is 0.101. The quantitative estimate of drug-likeness (QED) is 0.394. The second-order valence-corrected chi connectivity index (χ2v) is 11.2. The fourth-order valence-corrected chi connectivity index (χ4v) is 6.72. The number of alkyl halides is 2. The first-order valence-corrected chi connectivity index (χ1v) is 13.1. The summed E-state index contributed by atoms with van der Waals surface area (Å²) >= 11 is 1.14. The molecule has 3 N–H and O–H groups in total. The first-order valence-electron chi connectivity index (χ1n) is 10.5. The van der Waals surface area contributed by atoms with Crippen molar-refractivity contribution in [2.24, 2.45) is 0 Å². The van der Waals surface area contributed by atoms with E-state index in [1.54, 1.807) is 17.0 Å². The van der Waals surface area contributed by atoms with Crippen molar-refractivity contribution in [2.45, 2.75) is 18.9 Å². The molecule has 0 amide bonds. The number of fused-ring (bicyclic) bond motifs is 2. The summed E-state index contributed by atoms with van der Waals surface area (Å²) in [6.07, 6.45) is -5.06. The van der Waals surface area contributed by atoms with Gasteiger partial charge in [-0.15, -0.1) is 8.78 Å². The van der Waals surface area contributed by atoms with Gasteiger partial charge in [-0.25, -0.2) is 18.2 Å². The Morgan fingerprint density at radius 1 is 1.31 bits per heavy atom. The molecular weight excluding hydrogens is 524 g/mol. The van der Waals surface area contributed by atoms with Crippen LogP contribution >= 0.6 is 11.3 Å². The lowest BCUT2D eigenvalue weighted by molar-refractivity contribution is -0.286. The summed E-state index contributed by atoms with van der Waals surface area (Å²) in [6, 6.07) is 5.06. The van der Waals surface area contributed by atoms with Crippen molar-refractivity contribution < 1.29 is 46.4 Å². The molecular formula is C21H19F2N3O8S2. The maximum absolute atomic E-state index is 13.5. The van der Waals surface area contributed by atoms with Gasteiger partial charge in [-0.2, -0.15) is 0 Å². The van der Waals surface area contributed by atoms with E-state index in [1.807, 2.05) is 0 Å². The fourth-order valence-electron chi connectivity index (χ4n) is 4.06. The van der Waals surface area contributed by atoms with Gasteiger partial charge in [0, 0.05) is 18.7 Å². The molecule has 0 spiro atoms. The van der Waals surface area contributed by atoms with Crippen molar-refractivity contribution in [2.75, 3.05) is 35.5 Å². The average Bonchev–Trinajstić information content (AvgIpc) is 3.35. The number of aliphatic hydroxyl groups is 1. The molecule has 1 saturated heterocycles. The maximum atomic E-state index is 13.5. The number of ether oxygens (including phenoxy) is 3. The van der Waals surface area contributed by atoms with Gasteiger partial charge in [0.05, 0.1) is 39.9 Å². The average molecular weight is 544 g/mol. The van der Waals surface area contributed by atoms with Crippen LogP contribution in [0.15, 0.2) is 24.3 Å². The highest BCUT2D eigenvalue weighted by Gasteiger charge is 2.44. The predicted octanol–water partition coefficient (Wildman–Crippen LogP) is 3.01. The van der Waals surface area contributed by atoms with Crippen LogP contribution in [0.3, 0.4) is 0 Å². The van der Waals surface area contributed by atoms with E-state index >= 15 is 0 Å². The minimum atomic E-state index is -3.95. The van der Waals surface area contributed by atoms with Gasteiger partial charge in [-0.3, -0.25) is 0 Å². The highest BCUT2D eigenvalue weighted by atomic mass is 32.2. The van der Waals surface area contributed by atoms with Gasteiger partial charge in [0.25, 0.3) is 0 Å². The fraction of sp³-hybridized carbons (Fsp3) is 0.333. The molecule has 0 aliphatic carbocycles. The summed E-state index contributed by atoms with van der Waals surface area (Å²) in [5.74, 6) is -2.15. The zero-order chi connectivity index (χ0) is 25.8. The third-order valence-corrected chi connectivity index (χ3v) is 8.39. The van der Waals surface area contributed by atoms with E-state index in [4.69, 9.17) is 4.74 Å². The zero-order valence-corrected chi connectivity index (χ0v) is 20.2. The number of aromatic carboxylic acids is 1. The monoisotopic (exact) mass is 543 g/mol. The van der Waals surface area contributed by atoms with Gasteiger partial charge in [-0.1, -0.05) is 11.3 Å². The van der Waals surface area contributed by atoms with Crippen molar-refractivity contribution in [3.8, 4) is 17.2 Å². The Balaban J connectivity index is 1.53. The predicted molar refractivity (Wildman–Crippen MR) is 125 cm³/mol. The van der Waals surface area contributed by atoms with Gasteiger partial charge in [0.2, 0.25) is 0 Å². The molecule has 15 heteroatoms. The number of carboxylic acid groups (broad SMARTS) is 1. The van der Waals surface area contributed by atoms with Gasteiger partial charge in [-0.05, 0) is 18.6 Å². The van der Waals surface area contributed by atoms with Crippen LogP contribution in [0.5, 0.6) is 17.2 Å². The Morgan fingerprint density at radius 3 is 2.69 bits per heavy atom. The topological polar surface area (TPSA) is 148 Å². The number of thiazole rings is 1. The molecule has 0 radical (unpaired) electrons. The third kappa shape index (κ3) is 4.44. The van der Waals surface area contributed by atoms with Crippen LogP contribution in [0.4, 0.5) is 19.6 Å². The van der Waals surface area contributed by atoms with Crippen LogP contribution in [-0.2, 0) is 9.84 Å². The number of carbonyl (C=O) groups is 1. The van der Waals surface area contributed by atoms with Crippen molar-refractivity contribution >= 4 is 48.2 Å². The number of halogens is 2. The molecule has 192 valence electrons. The van der Waals surface area contributed by atoms with Crippen LogP contribution in [0, 0.1) is 0 Å². The van der Waals surface area contributed by atoms with E-state index in [0.29, 0.717) is 28.3 Å². The molecule has 2 aliphatic rings. The van der Waals surface area contributed by atoms with Crippen LogP contribution in [0.2, 0.25) is 0 Å². The molecule has 36 heavy (non-hydrogen) atoms. The lowest BCUT2D eigenvalue weighted by Gasteiger charge is -2.25. The number of sulfone groups is 1. The summed E-state index contributed by atoms with van der Waals surface area (Å²) in [6.45, 7) is 0.496. The second kappa shape index (κ2) is 8.60. The first-order chi connectivity index (χ1) is 17.0. The Morgan fingerprint density at radius 2 is 2.03 bits per heavy atom. The SMILES string of the molecule is COc1ccc2nc(N3CCCS(=O)(=O)C3)sc2c1C(O)Nc1cc2c(cc1C(=O)O)OC(F)(F)O2. The minimum Gasteiger partial charge on any atom is -0.496 e. The van der Waals surface area contributed by atoms with Gasteiger partial charge in [0.1, 0.15) is 11.6 Å². The summed E-state index contributed by atoms with van der Waals surface area (Å²) < 4.78 is 65.7. The number of rotatable bonds is 6. The molecule has 2 aromatic carbocycles. The Labute approximate surface area is 206 Å². The third-order valence-electron chi connectivity index (χ3n) is 5.61. The molecule has 3 heterocycles. The Kier molecular flexibility index (Phi) is 5.80. The molecule has 1 fully saturated rings. The van der Waals surface area contributed by atoms with E-state index in [0.717, 1.165) is 23.5 Å². The number of carboxylic acids is 1. The number of nitrogens with one attached hydrogen (secondary N) is 1. The first kappa shape index (κ1) is 24.3. The highest BCUT2D eigenvalue weighted by molar-refractivity contribution is 7.91.